The second-order valence-electron chi connectivity index (χ2n) is 6.45. The van der Waals surface area contributed by atoms with E-state index in [0.717, 1.165) is 21.8 Å². The Morgan fingerprint density at radius 3 is 2.62 bits per heavy atom. The lowest BCUT2D eigenvalue weighted by Crippen LogP contribution is -2.14. The molecule has 1 amide bonds. The Morgan fingerprint density at radius 2 is 1.83 bits per heavy atom. The number of para-hydroxylation sites is 2. The van der Waals surface area contributed by atoms with Crippen molar-refractivity contribution >= 4 is 46.0 Å². The highest BCUT2D eigenvalue weighted by Gasteiger charge is 2.14. The molecular formula is C22H18ClN3O2S. The molecule has 2 N–H and O–H groups in total. The molecular weight excluding hydrogens is 406 g/mol. The van der Waals surface area contributed by atoms with Gasteiger partial charge in [-0.15, -0.1) is 0 Å². The van der Waals surface area contributed by atoms with Crippen molar-refractivity contribution in [2.75, 3.05) is 11.1 Å². The Balaban J connectivity index is 1.52. The van der Waals surface area contributed by atoms with E-state index in [-0.39, 0.29) is 17.4 Å². The van der Waals surface area contributed by atoms with Gasteiger partial charge in [-0.2, -0.15) is 0 Å². The standard InChI is InChI=1S/C22H18ClN3O2S/c23-16-10-11-18(20(27)12-16)24-21(28)14-29-22-25-17-8-4-5-9-19(17)26(22)13-15-6-2-1-3-7-15/h1-12,27H,13-14H2,(H,24,28). The fraction of sp³-hybridized carbons (Fsp3) is 0.0909. The molecule has 0 fully saturated rings. The number of halogens is 1. The van der Waals surface area contributed by atoms with Gasteiger partial charge < -0.3 is 15.0 Å². The molecule has 0 aliphatic heterocycles. The van der Waals surface area contributed by atoms with Crippen LogP contribution in [-0.2, 0) is 11.3 Å². The number of aromatic nitrogens is 2. The minimum atomic E-state index is -0.231. The van der Waals surface area contributed by atoms with Crippen LogP contribution in [-0.4, -0.2) is 26.3 Å². The van der Waals surface area contributed by atoms with Crippen molar-refractivity contribution in [3.05, 3.63) is 83.4 Å². The molecule has 5 nitrogen and oxygen atoms in total. The van der Waals surface area contributed by atoms with Crippen molar-refractivity contribution in [1.29, 1.82) is 0 Å². The van der Waals surface area contributed by atoms with E-state index in [1.807, 2.05) is 42.5 Å². The number of nitrogens with zero attached hydrogens (tertiary/aromatic N) is 2. The summed E-state index contributed by atoms with van der Waals surface area (Å²) in [6.07, 6.45) is 0. The summed E-state index contributed by atoms with van der Waals surface area (Å²) in [6.45, 7) is 0.670. The van der Waals surface area contributed by atoms with Gasteiger partial charge in [0.15, 0.2) is 5.16 Å². The van der Waals surface area contributed by atoms with Gasteiger partial charge in [0, 0.05) is 11.1 Å². The number of imidazole rings is 1. The predicted molar refractivity (Wildman–Crippen MR) is 118 cm³/mol. The number of hydrogen-bond acceptors (Lipinski definition) is 4. The zero-order valence-electron chi connectivity index (χ0n) is 15.4. The van der Waals surface area contributed by atoms with E-state index >= 15 is 0 Å². The number of nitrogens with one attached hydrogen (secondary N) is 1. The van der Waals surface area contributed by atoms with Gasteiger partial charge >= 0.3 is 0 Å². The molecule has 4 rings (SSSR count). The van der Waals surface area contributed by atoms with Gasteiger partial charge in [0.05, 0.1) is 29.0 Å². The Labute approximate surface area is 177 Å². The number of carbonyl (C=O) groups is 1. The van der Waals surface area contributed by atoms with E-state index in [1.54, 1.807) is 12.1 Å². The van der Waals surface area contributed by atoms with Crippen LogP contribution in [0.1, 0.15) is 5.56 Å². The summed E-state index contributed by atoms with van der Waals surface area (Å²) < 4.78 is 2.11. The predicted octanol–water partition coefficient (Wildman–Crippen LogP) is 5.17. The summed E-state index contributed by atoms with van der Waals surface area (Å²) in [7, 11) is 0. The van der Waals surface area contributed by atoms with Gasteiger partial charge in [0.25, 0.3) is 0 Å². The van der Waals surface area contributed by atoms with E-state index in [2.05, 4.69) is 22.0 Å². The molecule has 7 heteroatoms. The first-order valence-electron chi connectivity index (χ1n) is 9.00. The number of rotatable bonds is 6. The Bertz CT molecular complexity index is 1160. The maximum Gasteiger partial charge on any atom is 0.234 e. The normalized spacial score (nSPS) is 10.9. The lowest BCUT2D eigenvalue weighted by molar-refractivity contribution is -0.113. The van der Waals surface area contributed by atoms with Crippen molar-refractivity contribution in [2.45, 2.75) is 11.7 Å². The van der Waals surface area contributed by atoms with Crippen molar-refractivity contribution in [3.63, 3.8) is 0 Å². The van der Waals surface area contributed by atoms with E-state index in [4.69, 9.17) is 16.6 Å². The van der Waals surface area contributed by atoms with Crippen LogP contribution in [0.2, 0.25) is 5.02 Å². The number of anilines is 1. The largest absolute Gasteiger partial charge is 0.506 e. The average Bonchev–Trinajstić information content (AvgIpc) is 3.07. The number of hydrogen-bond donors (Lipinski definition) is 2. The first kappa shape index (κ1) is 19.4. The summed E-state index contributed by atoms with van der Waals surface area (Å²) in [5.74, 6) is -0.127. The lowest BCUT2D eigenvalue weighted by atomic mass is 10.2. The maximum absolute atomic E-state index is 12.4. The molecule has 29 heavy (non-hydrogen) atoms. The van der Waals surface area contributed by atoms with Crippen LogP contribution in [0.15, 0.2) is 78.0 Å². The van der Waals surface area contributed by atoms with Gasteiger partial charge in [0.1, 0.15) is 5.75 Å². The number of thioether (sulfide) groups is 1. The Kier molecular flexibility index (Phi) is 5.74. The molecule has 146 valence electrons. The van der Waals surface area contributed by atoms with Crippen LogP contribution in [0.25, 0.3) is 11.0 Å². The summed E-state index contributed by atoms with van der Waals surface area (Å²) in [5.41, 5.74) is 3.40. The minimum Gasteiger partial charge on any atom is -0.506 e. The minimum absolute atomic E-state index is 0.0628. The molecule has 1 heterocycles. The summed E-state index contributed by atoms with van der Waals surface area (Å²) in [5, 5.41) is 13.8. The number of benzene rings is 3. The van der Waals surface area contributed by atoms with E-state index in [9.17, 15) is 9.90 Å². The number of phenolic OH excluding ortho intramolecular Hbond substituents is 1. The van der Waals surface area contributed by atoms with Gasteiger partial charge in [-0.3, -0.25) is 4.79 Å². The molecule has 0 spiro atoms. The van der Waals surface area contributed by atoms with E-state index < -0.39 is 0 Å². The quantitative estimate of drug-likeness (QED) is 0.331. The summed E-state index contributed by atoms with van der Waals surface area (Å²) >= 11 is 7.19. The van der Waals surface area contributed by atoms with Crippen molar-refractivity contribution < 1.29 is 9.90 Å². The fourth-order valence-electron chi connectivity index (χ4n) is 3.01. The van der Waals surface area contributed by atoms with E-state index in [1.165, 1.54) is 17.8 Å². The number of carbonyl (C=O) groups excluding carboxylic acids is 1. The summed E-state index contributed by atoms with van der Waals surface area (Å²) in [4.78, 5) is 17.1. The van der Waals surface area contributed by atoms with Gasteiger partial charge in [-0.25, -0.2) is 4.98 Å². The molecule has 0 bridgehead atoms. The maximum atomic E-state index is 12.4. The first-order chi connectivity index (χ1) is 14.1. The highest BCUT2D eigenvalue weighted by Crippen LogP contribution is 2.28. The lowest BCUT2D eigenvalue weighted by Gasteiger charge is -2.10. The van der Waals surface area contributed by atoms with Crippen LogP contribution < -0.4 is 5.32 Å². The molecule has 3 aromatic carbocycles. The molecule has 0 unspecified atom stereocenters. The first-order valence-corrected chi connectivity index (χ1v) is 10.4. The highest BCUT2D eigenvalue weighted by atomic mass is 35.5. The second kappa shape index (κ2) is 8.59. The Hall–Kier alpha value is -2.96. The zero-order chi connectivity index (χ0) is 20.2. The molecule has 0 radical (unpaired) electrons. The molecule has 0 aliphatic rings. The zero-order valence-corrected chi connectivity index (χ0v) is 17.0. The summed E-state index contributed by atoms with van der Waals surface area (Å²) in [6, 6.07) is 22.6. The molecule has 1 aromatic heterocycles. The number of phenols is 1. The van der Waals surface area contributed by atoms with Gasteiger partial charge in [0.2, 0.25) is 5.91 Å². The van der Waals surface area contributed by atoms with Crippen molar-refractivity contribution in [3.8, 4) is 5.75 Å². The van der Waals surface area contributed by atoms with Crippen molar-refractivity contribution in [1.82, 2.24) is 9.55 Å². The second-order valence-corrected chi connectivity index (χ2v) is 7.83. The van der Waals surface area contributed by atoms with Gasteiger partial charge in [-0.1, -0.05) is 65.8 Å². The average molecular weight is 424 g/mol. The molecule has 0 atom stereocenters. The third kappa shape index (κ3) is 4.55. The van der Waals surface area contributed by atoms with Crippen LogP contribution in [0.5, 0.6) is 5.75 Å². The smallest absolute Gasteiger partial charge is 0.234 e. The van der Waals surface area contributed by atoms with Crippen LogP contribution in [0, 0.1) is 0 Å². The number of fused-ring (bicyclic) bond motifs is 1. The Morgan fingerprint density at radius 1 is 1.07 bits per heavy atom. The van der Waals surface area contributed by atoms with Crippen molar-refractivity contribution in [2.24, 2.45) is 0 Å². The third-order valence-electron chi connectivity index (χ3n) is 4.37. The molecule has 4 aromatic rings. The van der Waals surface area contributed by atoms with Crippen LogP contribution >= 0.6 is 23.4 Å². The van der Waals surface area contributed by atoms with Gasteiger partial charge in [-0.05, 0) is 29.8 Å². The monoisotopic (exact) mass is 423 g/mol. The van der Waals surface area contributed by atoms with Crippen LogP contribution in [0.4, 0.5) is 5.69 Å². The number of aromatic hydroxyl groups is 1. The SMILES string of the molecule is O=C(CSc1nc2ccccc2n1Cc1ccccc1)Nc1ccc(Cl)cc1O. The third-order valence-corrected chi connectivity index (χ3v) is 5.58. The van der Waals surface area contributed by atoms with E-state index in [0.29, 0.717) is 17.3 Å². The molecule has 0 saturated heterocycles. The highest BCUT2D eigenvalue weighted by molar-refractivity contribution is 7.99. The van der Waals surface area contributed by atoms with Crippen LogP contribution in [0.3, 0.4) is 0 Å². The topological polar surface area (TPSA) is 67.2 Å². The number of amides is 1. The fourth-order valence-corrected chi connectivity index (χ4v) is 3.99. The molecule has 0 saturated carbocycles. The molecule has 0 aliphatic carbocycles.